The van der Waals surface area contributed by atoms with E-state index in [-0.39, 0.29) is 19.6 Å². The minimum absolute atomic E-state index is 0.0415. The summed E-state index contributed by atoms with van der Waals surface area (Å²) in [5.41, 5.74) is 0.740. The number of aliphatic hydroxyl groups excluding tert-OH is 1. The van der Waals surface area contributed by atoms with Gasteiger partial charge in [-0.2, -0.15) is 0 Å². The van der Waals surface area contributed by atoms with Gasteiger partial charge in [-0.25, -0.2) is 4.98 Å². The smallest absolute Gasteiger partial charge is 0.305 e. The molecule has 7 heteroatoms. The SMILES string of the molecule is CC(C)(CO)c1nc2cc(Cl)c(Cl)cc2n1CCC(=O)O. The van der Waals surface area contributed by atoms with Crippen LogP contribution in [0.25, 0.3) is 11.0 Å². The summed E-state index contributed by atoms with van der Waals surface area (Å²) in [5.74, 6) is -0.288. The van der Waals surface area contributed by atoms with Gasteiger partial charge in [-0.1, -0.05) is 37.0 Å². The average molecular weight is 331 g/mol. The van der Waals surface area contributed by atoms with Crippen molar-refractivity contribution in [2.45, 2.75) is 32.2 Å². The normalized spacial score (nSPS) is 12.0. The molecule has 1 aromatic carbocycles. The van der Waals surface area contributed by atoms with Gasteiger partial charge in [0.25, 0.3) is 0 Å². The minimum atomic E-state index is -0.898. The van der Waals surface area contributed by atoms with E-state index >= 15 is 0 Å². The van der Waals surface area contributed by atoms with Crippen LogP contribution in [0.5, 0.6) is 0 Å². The second kappa shape index (κ2) is 5.83. The highest BCUT2D eigenvalue weighted by Crippen LogP contribution is 2.32. The lowest BCUT2D eigenvalue weighted by atomic mass is 9.93. The summed E-state index contributed by atoms with van der Waals surface area (Å²) in [6.07, 6.45) is -0.0415. The average Bonchev–Trinajstić information content (AvgIpc) is 2.75. The molecule has 114 valence electrons. The summed E-state index contributed by atoms with van der Waals surface area (Å²) in [6, 6.07) is 3.32. The molecule has 0 fully saturated rings. The molecule has 2 rings (SSSR count). The highest BCUT2D eigenvalue weighted by atomic mass is 35.5. The van der Waals surface area contributed by atoms with Crippen molar-refractivity contribution >= 4 is 40.2 Å². The number of hydrogen-bond donors (Lipinski definition) is 2. The molecule has 1 heterocycles. The van der Waals surface area contributed by atoms with Crippen molar-refractivity contribution in [3.05, 3.63) is 28.0 Å². The number of aliphatic carboxylic acids is 1. The van der Waals surface area contributed by atoms with Crippen LogP contribution in [-0.4, -0.2) is 32.3 Å². The molecule has 0 atom stereocenters. The number of aromatic nitrogens is 2. The summed E-state index contributed by atoms with van der Waals surface area (Å²) in [4.78, 5) is 15.4. The number of benzene rings is 1. The summed E-state index contributed by atoms with van der Waals surface area (Å²) < 4.78 is 1.78. The van der Waals surface area contributed by atoms with E-state index in [9.17, 15) is 9.90 Å². The van der Waals surface area contributed by atoms with Gasteiger partial charge in [-0.3, -0.25) is 4.79 Å². The zero-order valence-electron chi connectivity index (χ0n) is 11.7. The van der Waals surface area contributed by atoms with Crippen LogP contribution in [0.4, 0.5) is 0 Å². The number of nitrogens with zero attached hydrogens (tertiary/aromatic N) is 2. The van der Waals surface area contributed by atoms with Crippen LogP contribution in [0.1, 0.15) is 26.1 Å². The maximum atomic E-state index is 10.9. The van der Waals surface area contributed by atoms with Crippen LogP contribution in [0, 0.1) is 0 Å². The number of fused-ring (bicyclic) bond motifs is 1. The number of halogens is 2. The predicted octanol–water partition coefficient (Wildman–Crippen LogP) is 3.09. The number of imidazole rings is 1. The Balaban J connectivity index is 2.65. The van der Waals surface area contributed by atoms with E-state index in [0.717, 1.165) is 0 Å². The van der Waals surface area contributed by atoms with Crippen LogP contribution >= 0.6 is 23.2 Å². The van der Waals surface area contributed by atoms with Gasteiger partial charge in [0.15, 0.2) is 0 Å². The van der Waals surface area contributed by atoms with Crippen LogP contribution in [0.3, 0.4) is 0 Å². The molecule has 0 saturated carbocycles. The largest absolute Gasteiger partial charge is 0.481 e. The topological polar surface area (TPSA) is 75.4 Å². The monoisotopic (exact) mass is 330 g/mol. The Kier molecular flexibility index (Phi) is 4.46. The molecule has 5 nitrogen and oxygen atoms in total. The third-order valence-corrected chi connectivity index (χ3v) is 4.06. The molecule has 0 aliphatic heterocycles. The van der Waals surface area contributed by atoms with Crippen molar-refractivity contribution in [2.75, 3.05) is 6.61 Å². The van der Waals surface area contributed by atoms with Gasteiger partial charge < -0.3 is 14.8 Å². The second-order valence-corrected chi connectivity index (χ2v) is 6.34. The maximum Gasteiger partial charge on any atom is 0.305 e. The Morgan fingerprint density at radius 1 is 1.33 bits per heavy atom. The fourth-order valence-corrected chi connectivity index (χ4v) is 2.46. The Bertz CT molecular complexity index is 695. The van der Waals surface area contributed by atoms with Crippen LogP contribution in [-0.2, 0) is 16.8 Å². The Morgan fingerprint density at radius 2 is 1.95 bits per heavy atom. The zero-order chi connectivity index (χ0) is 15.8. The van der Waals surface area contributed by atoms with Gasteiger partial charge in [0.05, 0.1) is 34.1 Å². The highest BCUT2D eigenvalue weighted by molar-refractivity contribution is 6.42. The number of aliphatic hydroxyl groups is 1. The van der Waals surface area contributed by atoms with Crippen molar-refractivity contribution in [3.8, 4) is 0 Å². The van der Waals surface area contributed by atoms with E-state index in [4.69, 9.17) is 28.3 Å². The van der Waals surface area contributed by atoms with Crippen LogP contribution < -0.4 is 0 Å². The van der Waals surface area contributed by atoms with Crippen molar-refractivity contribution in [3.63, 3.8) is 0 Å². The fourth-order valence-electron chi connectivity index (χ4n) is 2.14. The highest BCUT2D eigenvalue weighted by Gasteiger charge is 2.27. The standard InChI is InChI=1S/C14H16Cl2N2O3/c1-14(2,7-19)13-17-10-5-8(15)9(16)6-11(10)18(13)4-3-12(20)21/h5-6,19H,3-4,7H2,1-2H3,(H,20,21). The third-order valence-electron chi connectivity index (χ3n) is 3.34. The van der Waals surface area contributed by atoms with Gasteiger partial charge in [0.1, 0.15) is 5.82 Å². The first-order chi connectivity index (χ1) is 9.76. The molecule has 0 unspecified atom stereocenters. The first kappa shape index (κ1) is 16.1. The molecule has 0 spiro atoms. The number of carboxylic acids is 1. The summed E-state index contributed by atoms with van der Waals surface area (Å²) in [7, 11) is 0. The number of hydrogen-bond acceptors (Lipinski definition) is 3. The predicted molar refractivity (Wildman–Crippen MR) is 82.1 cm³/mol. The lowest BCUT2D eigenvalue weighted by Crippen LogP contribution is -2.27. The fraction of sp³-hybridized carbons (Fsp3) is 0.429. The first-order valence-corrected chi connectivity index (χ1v) is 7.20. The lowest BCUT2D eigenvalue weighted by molar-refractivity contribution is -0.137. The van der Waals surface area contributed by atoms with Crippen molar-refractivity contribution in [1.29, 1.82) is 0 Å². The Labute approximate surface area is 132 Å². The van der Waals surface area contributed by atoms with Crippen LogP contribution in [0.2, 0.25) is 10.0 Å². The lowest BCUT2D eigenvalue weighted by Gasteiger charge is -2.22. The first-order valence-electron chi connectivity index (χ1n) is 6.44. The van der Waals surface area contributed by atoms with E-state index < -0.39 is 11.4 Å². The summed E-state index contributed by atoms with van der Waals surface area (Å²) in [6.45, 7) is 3.83. The molecule has 0 amide bonds. The van der Waals surface area contributed by atoms with Gasteiger partial charge in [0.2, 0.25) is 0 Å². The quantitative estimate of drug-likeness (QED) is 0.883. The van der Waals surface area contributed by atoms with E-state index in [1.165, 1.54) is 0 Å². The zero-order valence-corrected chi connectivity index (χ0v) is 13.2. The Hall–Kier alpha value is -1.30. The minimum Gasteiger partial charge on any atom is -0.481 e. The second-order valence-electron chi connectivity index (χ2n) is 5.53. The van der Waals surface area contributed by atoms with E-state index in [0.29, 0.717) is 26.9 Å². The number of carbonyl (C=O) groups is 1. The summed E-state index contributed by atoms with van der Waals surface area (Å²) >= 11 is 12.0. The molecule has 0 aliphatic carbocycles. The van der Waals surface area contributed by atoms with Gasteiger partial charge >= 0.3 is 5.97 Å². The third kappa shape index (κ3) is 3.15. The van der Waals surface area contributed by atoms with E-state index in [1.54, 1.807) is 16.7 Å². The molecule has 0 radical (unpaired) electrons. The molecule has 2 aromatic rings. The van der Waals surface area contributed by atoms with E-state index in [2.05, 4.69) is 4.98 Å². The molecular formula is C14H16Cl2N2O3. The maximum absolute atomic E-state index is 10.9. The molecule has 2 N–H and O–H groups in total. The van der Waals surface area contributed by atoms with Gasteiger partial charge in [-0.05, 0) is 12.1 Å². The van der Waals surface area contributed by atoms with Crippen molar-refractivity contribution in [2.24, 2.45) is 0 Å². The number of carboxylic acid groups (broad SMARTS) is 1. The van der Waals surface area contributed by atoms with Crippen molar-refractivity contribution in [1.82, 2.24) is 9.55 Å². The number of aryl methyl sites for hydroxylation is 1. The molecule has 0 bridgehead atoms. The molecular weight excluding hydrogens is 315 g/mol. The Morgan fingerprint density at radius 3 is 2.52 bits per heavy atom. The van der Waals surface area contributed by atoms with Gasteiger partial charge in [0, 0.05) is 12.0 Å². The van der Waals surface area contributed by atoms with Gasteiger partial charge in [-0.15, -0.1) is 0 Å². The van der Waals surface area contributed by atoms with Crippen molar-refractivity contribution < 1.29 is 15.0 Å². The van der Waals surface area contributed by atoms with Crippen LogP contribution in [0.15, 0.2) is 12.1 Å². The molecule has 1 aromatic heterocycles. The van der Waals surface area contributed by atoms with E-state index in [1.807, 2.05) is 13.8 Å². The molecule has 0 saturated heterocycles. The molecule has 21 heavy (non-hydrogen) atoms. The molecule has 0 aliphatic rings. The summed E-state index contributed by atoms with van der Waals surface area (Å²) in [5, 5.41) is 19.2. The number of rotatable bonds is 5.